The summed E-state index contributed by atoms with van der Waals surface area (Å²) in [5.41, 5.74) is 2.40. The fourth-order valence-electron chi connectivity index (χ4n) is 4.21. The maximum absolute atomic E-state index is 12.8. The minimum absolute atomic E-state index is 0.189. The highest BCUT2D eigenvalue weighted by atomic mass is 32.2. The monoisotopic (exact) mass is 458 g/mol. The van der Waals surface area contributed by atoms with Crippen LogP contribution in [0.25, 0.3) is 0 Å². The van der Waals surface area contributed by atoms with Crippen LogP contribution in [0.4, 0.5) is 0 Å². The number of thioether (sulfide) groups is 1. The standard InChI is InChI=1S/C22H26N4O5S/c23-20(25-9-11-32-12-10-25)16-3-1-14(2-4-16)17-13-18(31-24-17)21(28)26-7-5-15(6-8-26)19(27)22(29)30/h1-4,15,18,23H,5-13H2,(H,29,30). The van der Waals surface area contributed by atoms with Crippen LogP contribution < -0.4 is 0 Å². The van der Waals surface area contributed by atoms with E-state index in [1.54, 1.807) is 4.90 Å². The number of amides is 1. The molecule has 32 heavy (non-hydrogen) atoms. The normalized spacial score (nSPS) is 21.6. The predicted molar refractivity (Wildman–Crippen MR) is 120 cm³/mol. The number of aliphatic carboxylic acids is 1. The summed E-state index contributed by atoms with van der Waals surface area (Å²) in [5, 5.41) is 21.4. The van der Waals surface area contributed by atoms with E-state index in [9.17, 15) is 14.4 Å². The van der Waals surface area contributed by atoms with Gasteiger partial charge < -0.3 is 19.7 Å². The Kier molecular flexibility index (Phi) is 6.78. The van der Waals surface area contributed by atoms with Crippen molar-refractivity contribution in [2.75, 3.05) is 37.7 Å². The SMILES string of the molecule is N=C(c1ccc(C2=NOC(C(=O)N3CCC(C(=O)C(=O)O)CC3)C2)cc1)N1CCSCC1. The molecule has 4 rings (SSSR count). The number of ketones is 1. The molecule has 0 aliphatic carbocycles. The van der Waals surface area contributed by atoms with Gasteiger partial charge in [0.25, 0.3) is 5.91 Å². The molecule has 9 nitrogen and oxygen atoms in total. The first kappa shape index (κ1) is 22.3. The summed E-state index contributed by atoms with van der Waals surface area (Å²) in [6, 6.07) is 7.61. The molecular formula is C22H26N4O5S. The van der Waals surface area contributed by atoms with Gasteiger partial charge in [0.2, 0.25) is 11.9 Å². The van der Waals surface area contributed by atoms with Crippen LogP contribution in [0.15, 0.2) is 29.4 Å². The van der Waals surface area contributed by atoms with Crippen LogP contribution in [0.2, 0.25) is 0 Å². The van der Waals surface area contributed by atoms with Crippen molar-refractivity contribution >= 4 is 41.0 Å². The van der Waals surface area contributed by atoms with E-state index in [0.717, 1.165) is 35.7 Å². The molecule has 0 aromatic heterocycles. The van der Waals surface area contributed by atoms with Gasteiger partial charge in [-0.05, 0) is 18.4 Å². The van der Waals surface area contributed by atoms with E-state index in [1.807, 2.05) is 36.0 Å². The number of nitrogens with one attached hydrogen (secondary N) is 1. The quantitative estimate of drug-likeness (QED) is 0.389. The number of hydrogen-bond acceptors (Lipinski definition) is 7. The highest BCUT2D eigenvalue weighted by molar-refractivity contribution is 7.99. The Morgan fingerprint density at radius 2 is 1.69 bits per heavy atom. The summed E-state index contributed by atoms with van der Waals surface area (Å²) in [5.74, 6) is -0.312. The van der Waals surface area contributed by atoms with Crippen molar-refractivity contribution < 1.29 is 24.3 Å². The lowest BCUT2D eigenvalue weighted by molar-refractivity contribution is -0.152. The van der Waals surface area contributed by atoms with Crippen LogP contribution in [0, 0.1) is 11.3 Å². The van der Waals surface area contributed by atoms with Gasteiger partial charge in [0.15, 0.2) is 0 Å². The summed E-state index contributed by atoms with van der Waals surface area (Å²) >= 11 is 1.91. The molecule has 2 saturated heterocycles. The number of benzene rings is 1. The number of carbonyl (C=O) groups excluding carboxylic acids is 2. The van der Waals surface area contributed by atoms with Crippen LogP contribution in [-0.4, -0.2) is 87.9 Å². The molecule has 2 N–H and O–H groups in total. The second kappa shape index (κ2) is 9.72. The number of Topliss-reactive ketones (excluding diaryl/α,β-unsaturated/α-hetero) is 1. The summed E-state index contributed by atoms with van der Waals surface area (Å²) < 4.78 is 0. The molecule has 3 aliphatic rings. The van der Waals surface area contributed by atoms with E-state index in [2.05, 4.69) is 10.1 Å². The second-order valence-corrected chi connectivity index (χ2v) is 9.36. The molecule has 0 bridgehead atoms. The average molecular weight is 459 g/mol. The number of oxime groups is 1. The summed E-state index contributed by atoms with van der Waals surface area (Å²) in [4.78, 5) is 44.4. The van der Waals surface area contributed by atoms with E-state index in [1.165, 1.54) is 0 Å². The number of piperidine rings is 1. The molecule has 170 valence electrons. The first-order chi connectivity index (χ1) is 15.4. The Bertz CT molecular complexity index is 934. The third-order valence-corrected chi connectivity index (χ3v) is 7.09. The lowest BCUT2D eigenvalue weighted by atomic mass is 9.92. The zero-order chi connectivity index (χ0) is 22.7. The van der Waals surface area contributed by atoms with E-state index < -0.39 is 23.8 Å². The number of nitrogens with zero attached hydrogens (tertiary/aromatic N) is 3. The maximum Gasteiger partial charge on any atom is 0.372 e. The first-order valence-corrected chi connectivity index (χ1v) is 11.9. The number of amidine groups is 1. The lowest BCUT2D eigenvalue weighted by Crippen LogP contribution is -2.45. The third kappa shape index (κ3) is 4.79. The Hall–Kier alpha value is -2.88. The Morgan fingerprint density at radius 1 is 1.03 bits per heavy atom. The number of hydrogen-bond donors (Lipinski definition) is 2. The molecule has 1 aromatic rings. The fraction of sp³-hybridized carbons (Fsp3) is 0.500. The topological polar surface area (TPSA) is 123 Å². The summed E-state index contributed by atoms with van der Waals surface area (Å²) in [6.45, 7) is 2.45. The van der Waals surface area contributed by atoms with Gasteiger partial charge in [-0.1, -0.05) is 29.4 Å². The molecule has 0 radical (unpaired) electrons. The van der Waals surface area contributed by atoms with E-state index in [4.69, 9.17) is 15.4 Å². The molecule has 3 aliphatic heterocycles. The smallest absolute Gasteiger partial charge is 0.372 e. The zero-order valence-corrected chi connectivity index (χ0v) is 18.5. The molecule has 10 heteroatoms. The van der Waals surface area contributed by atoms with Crippen molar-refractivity contribution in [3.63, 3.8) is 0 Å². The molecule has 0 saturated carbocycles. The highest BCUT2D eigenvalue weighted by Gasteiger charge is 2.36. The second-order valence-electron chi connectivity index (χ2n) is 8.13. The van der Waals surface area contributed by atoms with E-state index in [-0.39, 0.29) is 5.91 Å². The number of rotatable bonds is 5. The Morgan fingerprint density at radius 3 is 2.31 bits per heavy atom. The van der Waals surface area contributed by atoms with Crippen LogP contribution in [0.3, 0.4) is 0 Å². The van der Waals surface area contributed by atoms with Gasteiger partial charge in [-0.3, -0.25) is 15.0 Å². The van der Waals surface area contributed by atoms with Gasteiger partial charge in [0.05, 0.1) is 5.71 Å². The van der Waals surface area contributed by atoms with Crippen LogP contribution in [0.1, 0.15) is 30.4 Å². The van der Waals surface area contributed by atoms with Crippen LogP contribution in [0.5, 0.6) is 0 Å². The van der Waals surface area contributed by atoms with Crippen LogP contribution >= 0.6 is 11.8 Å². The van der Waals surface area contributed by atoms with Crippen molar-refractivity contribution in [2.45, 2.75) is 25.4 Å². The minimum atomic E-state index is -1.41. The van der Waals surface area contributed by atoms with Crippen molar-refractivity contribution in [1.29, 1.82) is 5.41 Å². The lowest BCUT2D eigenvalue weighted by Gasteiger charge is -2.31. The first-order valence-electron chi connectivity index (χ1n) is 10.7. The van der Waals surface area contributed by atoms with E-state index in [0.29, 0.717) is 43.9 Å². The molecule has 1 amide bonds. The van der Waals surface area contributed by atoms with Crippen molar-refractivity contribution in [1.82, 2.24) is 9.80 Å². The molecular weight excluding hydrogens is 432 g/mol. The van der Waals surface area contributed by atoms with Crippen LogP contribution in [-0.2, 0) is 19.2 Å². The van der Waals surface area contributed by atoms with Gasteiger partial charge in [-0.2, -0.15) is 11.8 Å². The highest BCUT2D eigenvalue weighted by Crippen LogP contribution is 2.23. The number of carboxylic acid groups (broad SMARTS) is 1. The molecule has 1 aromatic carbocycles. The zero-order valence-electron chi connectivity index (χ0n) is 17.7. The number of carboxylic acids is 1. The summed E-state index contributed by atoms with van der Waals surface area (Å²) in [7, 11) is 0. The van der Waals surface area contributed by atoms with Crippen molar-refractivity contribution in [3.8, 4) is 0 Å². The van der Waals surface area contributed by atoms with Crippen molar-refractivity contribution in [3.05, 3.63) is 35.4 Å². The Labute approximate surface area is 190 Å². The maximum atomic E-state index is 12.8. The van der Waals surface area contributed by atoms with Gasteiger partial charge >= 0.3 is 5.97 Å². The molecule has 1 atom stereocenters. The summed E-state index contributed by atoms with van der Waals surface area (Å²) in [6.07, 6.45) is 0.342. The van der Waals surface area contributed by atoms with Crippen molar-refractivity contribution in [2.24, 2.45) is 11.1 Å². The average Bonchev–Trinajstić information content (AvgIpc) is 3.34. The molecule has 1 unspecified atom stereocenters. The fourth-order valence-corrected chi connectivity index (χ4v) is 5.11. The third-order valence-electron chi connectivity index (χ3n) is 6.15. The molecule has 2 fully saturated rings. The predicted octanol–water partition coefficient (Wildman–Crippen LogP) is 1.45. The molecule has 3 heterocycles. The van der Waals surface area contributed by atoms with E-state index >= 15 is 0 Å². The largest absolute Gasteiger partial charge is 0.475 e. The number of carbonyl (C=O) groups is 3. The number of likely N-dealkylation sites (tertiary alicyclic amines) is 1. The van der Waals surface area contributed by atoms with Gasteiger partial charge in [-0.25, -0.2) is 4.79 Å². The Balaban J connectivity index is 1.30. The van der Waals surface area contributed by atoms with Gasteiger partial charge in [-0.15, -0.1) is 0 Å². The molecule has 0 spiro atoms. The van der Waals surface area contributed by atoms with Gasteiger partial charge in [0.1, 0.15) is 5.84 Å². The van der Waals surface area contributed by atoms with Gasteiger partial charge in [0, 0.05) is 55.6 Å². The minimum Gasteiger partial charge on any atom is -0.475 e.